The molecule has 0 saturated heterocycles. The minimum atomic E-state index is 0.393. The van der Waals surface area contributed by atoms with Crippen LogP contribution < -0.4 is 15.4 Å². The van der Waals surface area contributed by atoms with E-state index in [1.807, 2.05) is 0 Å². The maximum absolute atomic E-state index is 4.89. The van der Waals surface area contributed by atoms with Crippen molar-refractivity contribution in [2.24, 2.45) is 0 Å². The predicted molar refractivity (Wildman–Crippen MR) is 45.6 cm³/mol. The summed E-state index contributed by atoms with van der Waals surface area (Å²) in [6.45, 7) is 1.79. The molecule has 0 saturated carbocycles. The minimum absolute atomic E-state index is 0.393. The van der Waals surface area contributed by atoms with E-state index in [9.17, 15) is 0 Å². The van der Waals surface area contributed by atoms with Crippen molar-refractivity contribution >= 4 is 11.5 Å². The number of methoxy groups -OCH3 is 1. The molecule has 2 N–H and O–H groups in total. The van der Waals surface area contributed by atoms with Gasteiger partial charge in [-0.25, -0.2) is 4.98 Å². The van der Waals surface area contributed by atoms with Gasteiger partial charge in [-0.2, -0.15) is 4.98 Å². The molecule has 1 aliphatic rings. The summed E-state index contributed by atoms with van der Waals surface area (Å²) in [6.07, 6.45) is 1.72. The molecule has 0 radical (unpaired) electrons. The van der Waals surface area contributed by atoms with Crippen molar-refractivity contribution in [3.8, 4) is 6.01 Å². The summed E-state index contributed by atoms with van der Waals surface area (Å²) in [4.78, 5) is 8.10. The second-order valence-electron chi connectivity index (χ2n) is 2.47. The second-order valence-corrected chi connectivity index (χ2v) is 2.47. The lowest BCUT2D eigenvalue weighted by molar-refractivity contribution is 0.380. The fourth-order valence-electron chi connectivity index (χ4n) is 1.11. The summed E-state index contributed by atoms with van der Waals surface area (Å²) in [5, 5.41) is 6.31. The molecule has 12 heavy (non-hydrogen) atoms. The molecule has 2 heterocycles. The van der Waals surface area contributed by atoms with Gasteiger partial charge in [-0.3, -0.25) is 0 Å². The first-order chi connectivity index (χ1) is 5.90. The highest BCUT2D eigenvalue weighted by Gasteiger charge is 2.09. The first-order valence-corrected chi connectivity index (χ1v) is 3.79. The van der Waals surface area contributed by atoms with Crippen LogP contribution in [0, 0.1) is 0 Å². The van der Waals surface area contributed by atoms with Gasteiger partial charge >= 0.3 is 6.01 Å². The smallest absolute Gasteiger partial charge is 0.318 e. The van der Waals surface area contributed by atoms with Crippen LogP contribution in [0.25, 0.3) is 0 Å². The lowest BCUT2D eigenvalue weighted by Gasteiger charge is -2.17. The van der Waals surface area contributed by atoms with Gasteiger partial charge in [0.1, 0.15) is 0 Å². The number of anilines is 2. The molecule has 0 bridgehead atoms. The third kappa shape index (κ3) is 1.13. The number of hydrogen-bond acceptors (Lipinski definition) is 5. The van der Waals surface area contributed by atoms with E-state index in [0.29, 0.717) is 6.01 Å². The molecule has 0 fully saturated rings. The second kappa shape index (κ2) is 2.84. The van der Waals surface area contributed by atoms with Crippen molar-refractivity contribution in [2.45, 2.75) is 0 Å². The largest absolute Gasteiger partial charge is 0.467 e. The molecule has 2 rings (SSSR count). The van der Waals surface area contributed by atoms with Gasteiger partial charge in [0, 0.05) is 13.1 Å². The molecule has 64 valence electrons. The number of nitrogens with zero attached hydrogens (tertiary/aromatic N) is 2. The average molecular weight is 166 g/mol. The normalized spacial score (nSPS) is 14.1. The molecule has 0 atom stereocenters. The summed E-state index contributed by atoms with van der Waals surface area (Å²) in [5.74, 6) is 0.813. The van der Waals surface area contributed by atoms with E-state index in [4.69, 9.17) is 4.74 Å². The highest BCUT2D eigenvalue weighted by molar-refractivity contribution is 5.65. The summed E-state index contributed by atoms with van der Waals surface area (Å²) in [7, 11) is 1.55. The predicted octanol–water partition coefficient (Wildman–Crippen LogP) is 0.323. The zero-order valence-electron chi connectivity index (χ0n) is 6.79. The van der Waals surface area contributed by atoms with Crippen molar-refractivity contribution in [3.63, 3.8) is 0 Å². The molecule has 0 aromatic carbocycles. The zero-order chi connectivity index (χ0) is 8.39. The van der Waals surface area contributed by atoms with Crippen molar-refractivity contribution in [1.29, 1.82) is 0 Å². The van der Waals surface area contributed by atoms with Crippen molar-refractivity contribution in [2.75, 3.05) is 30.8 Å². The van der Waals surface area contributed by atoms with Crippen molar-refractivity contribution < 1.29 is 4.74 Å². The van der Waals surface area contributed by atoms with Crippen LogP contribution in [-0.4, -0.2) is 30.2 Å². The van der Waals surface area contributed by atoms with Crippen LogP contribution in [0.2, 0.25) is 0 Å². The number of rotatable bonds is 1. The molecule has 1 aromatic rings. The summed E-state index contributed by atoms with van der Waals surface area (Å²) >= 11 is 0. The average Bonchev–Trinajstić information content (AvgIpc) is 2.17. The Morgan fingerprint density at radius 3 is 3.08 bits per heavy atom. The van der Waals surface area contributed by atoms with Gasteiger partial charge < -0.3 is 15.4 Å². The van der Waals surface area contributed by atoms with Gasteiger partial charge in [0.25, 0.3) is 0 Å². The molecule has 1 aliphatic heterocycles. The SMILES string of the molecule is COc1ncc2c(n1)NCCN2. The number of nitrogens with one attached hydrogen (secondary N) is 2. The highest BCUT2D eigenvalue weighted by Crippen LogP contribution is 2.21. The lowest BCUT2D eigenvalue weighted by atomic mass is 10.4. The molecule has 0 aliphatic carbocycles. The van der Waals surface area contributed by atoms with Crippen LogP contribution in [0.15, 0.2) is 6.20 Å². The first kappa shape index (κ1) is 7.15. The van der Waals surface area contributed by atoms with Crippen LogP contribution in [0.5, 0.6) is 6.01 Å². The number of fused-ring (bicyclic) bond motifs is 1. The Morgan fingerprint density at radius 2 is 2.25 bits per heavy atom. The quantitative estimate of drug-likeness (QED) is 0.629. The van der Waals surface area contributed by atoms with E-state index in [-0.39, 0.29) is 0 Å². The first-order valence-electron chi connectivity index (χ1n) is 3.79. The molecule has 5 nitrogen and oxygen atoms in total. The van der Waals surface area contributed by atoms with Gasteiger partial charge in [-0.15, -0.1) is 0 Å². The molecular formula is C7H10N4O. The van der Waals surface area contributed by atoms with Crippen LogP contribution >= 0.6 is 0 Å². The molecule has 0 amide bonds. The van der Waals surface area contributed by atoms with E-state index in [1.54, 1.807) is 13.3 Å². The van der Waals surface area contributed by atoms with Crippen LogP contribution in [-0.2, 0) is 0 Å². The fourth-order valence-corrected chi connectivity index (χ4v) is 1.11. The van der Waals surface area contributed by atoms with E-state index in [1.165, 1.54) is 0 Å². The Hall–Kier alpha value is -1.52. The fraction of sp³-hybridized carbons (Fsp3) is 0.429. The lowest BCUT2D eigenvalue weighted by Crippen LogP contribution is -2.21. The van der Waals surface area contributed by atoms with E-state index in [2.05, 4.69) is 20.6 Å². The van der Waals surface area contributed by atoms with Crippen molar-refractivity contribution in [3.05, 3.63) is 6.20 Å². The Labute approximate surface area is 70.2 Å². The number of hydrogen-bond donors (Lipinski definition) is 2. The van der Waals surface area contributed by atoms with Gasteiger partial charge in [0.2, 0.25) is 0 Å². The Bertz CT molecular complexity index is 289. The summed E-state index contributed by atoms with van der Waals surface area (Å²) in [6, 6.07) is 0.393. The van der Waals surface area contributed by atoms with Crippen LogP contribution in [0.3, 0.4) is 0 Å². The van der Waals surface area contributed by atoms with Crippen LogP contribution in [0.1, 0.15) is 0 Å². The summed E-state index contributed by atoms with van der Waals surface area (Å²) < 4.78 is 4.89. The molecular weight excluding hydrogens is 156 g/mol. The van der Waals surface area contributed by atoms with E-state index in [0.717, 1.165) is 24.6 Å². The van der Waals surface area contributed by atoms with Crippen LogP contribution in [0.4, 0.5) is 11.5 Å². The van der Waals surface area contributed by atoms with Gasteiger partial charge in [0.05, 0.1) is 19.0 Å². The number of aromatic nitrogens is 2. The number of ether oxygens (including phenoxy) is 1. The van der Waals surface area contributed by atoms with E-state index < -0.39 is 0 Å². The zero-order valence-corrected chi connectivity index (χ0v) is 6.79. The molecule has 5 heteroatoms. The monoisotopic (exact) mass is 166 g/mol. The van der Waals surface area contributed by atoms with Gasteiger partial charge in [-0.05, 0) is 0 Å². The summed E-state index contributed by atoms with van der Waals surface area (Å²) in [5.41, 5.74) is 0.932. The maximum Gasteiger partial charge on any atom is 0.318 e. The van der Waals surface area contributed by atoms with Crippen molar-refractivity contribution in [1.82, 2.24) is 9.97 Å². The third-order valence-electron chi connectivity index (χ3n) is 1.68. The molecule has 0 unspecified atom stereocenters. The standard InChI is InChI=1S/C7H10N4O/c1-12-7-10-4-5-6(11-7)9-3-2-8-5/h4,8H,2-3H2,1H3,(H,9,10,11). The maximum atomic E-state index is 4.89. The Morgan fingerprint density at radius 1 is 1.42 bits per heavy atom. The molecule has 1 aromatic heterocycles. The molecule has 0 spiro atoms. The Balaban J connectivity index is 2.36. The Kier molecular flexibility index (Phi) is 1.69. The van der Waals surface area contributed by atoms with Gasteiger partial charge in [0.15, 0.2) is 5.82 Å². The highest BCUT2D eigenvalue weighted by atomic mass is 16.5. The van der Waals surface area contributed by atoms with E-state index >= 15 is 0 Å². The minimum Gasteiger partial charge on any atom is -0.467 e. The topological polar surface area (TPSA) is 59.1 Å². The van der Waals surface area contributed by atoms with Gasteiger partial charge in [-0.1, -0.05) is 0 Å². The third-order valence-corrected chi connectivity index (χ3v) is 1.68.